The van der Waals surface area contributed by atoms with E-state index in [2.05, 4.69) is 24.5 Å². The average molecular weight is 320 g/mol. The summed E-state index contributed by atoms with van der Waals surface area (Å²) in [4.78, 5) is 23.7. The predicted molar refractivity (Wildman–Crippen MR) is 92.3 cm³/mol. The van der Waals surface area contributed by atoms with Crippen LogP contribution in [0.1, 0.15) is 45.2 Å². The fourth-order valence-electron chi connectivity index (χ4n) is 2.48. The SMILES string of the molecule is CCc1ccc(NC(=O)C(=O)NCC(O)CC(C)C)cc1CC. The number of anilines is 1. The summed E-state index contributed by atoms with van der Waals surface area (Å²) in [6.45, 7) is 8.21. The summed E-state index contributed by atoms with van der Waals surface area (Å²) in [6, 6.07) is 5.67. The second-order valence-corrected chi connectivity index (χ2v) is 6.14. The Morgan fingerprint density at radius 3 is 2.30 bits per heavy atom. The van der Waals surface area contributed by atoms with Gasteiger partial charge in [0.15, 0.2) is 0 Å². The Kier molecular flexibility index (Phi) is 7.75. The van der Waals surface area contributed by atoms with Crippen LogP contribution in [0, 0.1) is 5.92 Å². The Labute approximate surface area is 138 Å². The summed E-state index contributed by atoms with van der Waals surface area (Å²) in [5, 5.41) is 14.8. The van der Waals surface area contributed by atoms with Crippen molar-refractivity contribution in [1.82, 2.24) is 5.32 Å². The minimum Gasteiger partial charge on any atom is -0.391 e. The first-order chi connectivity index (χ1) is 10.9. The molecule has 0 saturated carbocycles. The molecule has 1 unspecified atom stereocenters. The van der Waals surface area contributed by atoms with Gasteiger partial charge in [-0.1, -0.05) is 33.8 Å². The summed E-state index contributed by atoms with van der Waals surface area (Å²) in [5.74, 6) is -1.11. The second kappa shape index (κ2) is 9.30. The number of carbonyl (C=O) groups is 2. The summed E-state index contributed by atoms with van der Waals surface area (Å²) < 4.78 is 0. The van der Waals surface area contributed by atoms with Crippen LogP contribution in [0.4, 0.5) is 5.69 Å². The largest absolute Gasteiger partial charge is 0.391 e. The Hall–Kier alpha value is -1.88. The average Bonchev–Trinajstić information content (AvgIpc) is 2.51. The Balaban J connectivity index is 2.56. The van der Waals surface area contributed by atoms with Crippen molar-refractivity contribution in [3.05, 3.63) is 29.3 Å². The predicted octanol–water partition coefficient (Wildman–Crippen LogP) is 2.27. The lowest BCUT2D eigenvalue weighted by atomic mass is 10.0. The van der Waals surface area contributed by atoms with Gasteiger partial charge >= 0.3 is 11.8 Å². The van der Waals surface area contributed by atoms with Gasteiger partial charge in [0.25, 0.3) is 0 Å². The lowest BCUT2D eigenvalue weighted by Gasteiger charge is -2.14. The highest BCUT2D eigenvalue weighted by atomic mass is 16.3. The zero-order valence-corrected chi connectivity index (χ0v) is 14.5. The third-order valence-electron chi connectivity index (χ3n) is 3.67. The van der Waals surface area contributed by atoms with Gasteiger partial charge in [-0.2, -0.15) is 0 Å². The van der Waals surface area contributed by atoms with E-state index in [-0.39, 0.29) is 6.54 Å². The van der Waals surface area contributed by atoms with Crippen LogP contribution < -0.4 is 10.6 Å². The lowest BCUT2D eigenvalue weighted by molar-refractivity contribution is -0.136. The maximum absolute atomic E-state index is 11.9. The van der Waals surface area contributed by atoms with Crippen LogP contribution in [0.15, 0.2) is 18.2 Å². The van der Waals surface area contributed by atoms with Gasteiger partial charge in [0.2, 0.25) is 0 Å². The number of aliphatic hydroxyl groups is 1. The van der Waals surface area contributed by atoms with Crippen molar-refractivity contribution in [3.63, 3.8) is 0 Å². The monoisotopic (exact) mass is 320 g/mol. The molecule has 0 bridgehead atoms. The van der Waals surface area contributed by atoms with E-state index in [0.717, 1.165) is 18.4 Å². The Morgan fingerprint density at radius 1 is 1.09 bits per heavy atom. The molecule has 1 aromatic carbocycles. The van der Waals surface area contributed by atoms with Crippen LogP contribution in [0.2, 0.25) is 0 Å². The fraction of sp³-hybridized carbons (Fsp3) is 0.556. The highest BCUT2D eigenvalue weighted by molar-refractivity contribution is 6.39. The number of hydrogen-bond acceptors (Lipinski definition) is 3. The van der Waals surface area contributed by atoms with E-state index in [4.69, 9.17) is 0 Å². The molecule has 0 heterocycles. The van der Waals surface area contributed by atoms with Crippen molar-refractivity contribution < 1.29 is 14.7 Å². The van der Waals surface area contributed by atoms with Crippen LogP contribution >= 0.6 is 0 Å². The molecule has 1 atom stereocenters. The molecule has 0 aliphatic rings. The zero-order valence-electron chi connectivity index (χ0n) is 14.5. The number of aryl methyl sites for hydroxylation is 2. The first-order valence-corrected chi connectivity index (χ1v) is 8.26. The number of rotatable bonds is 7. The van der Waals surface area contributed by atoms with Crippen molar-refractivity contribution in [2.24, 2.45) is 5.92 Å². The number of hydrogen-bond donors (Lipinski definition) is 3. The third kappa shape index (κ3) is 6.40. The number of carbonyl (C=O) groups excluding carboxylic acids is 2. The van der Waals surface area contributed by atoms with Crippen LogP contribution in [0.25, 0.3) is 0 Å². The fourth-order valence-corrected chi connectivity index (χ4v) is 2.48. The molecule has 3 N–H and O–H groups in total. The number of benzene rings is 1. The molecule has 23 heavy (non-hydrogen) atoms. The van der Waals surface area contributed by atoms with E-state index < -0.39 is 17.9 Å². The van der Waals surface area contributed by atoms with Gasteiger partial charge in [-0.05, 0) is 48.4 Å². The van der Waals surface area contributed by atoms with Crippen molar-refractivity contribution >= 4 is 17.5 Å². The number of amides is 2. The molecule has 0 saturated heterocycles. The summed E-state index contributed by atoms with van der Waals surface area (Å²) in [5.41, 5.74) is 3.02. The first kappa shape index (κ1) is 19.2. The van der Waals surface area contributed by atoms with E-state index in [1.165, 1.54) is 5.56 Å². The van der Waals surface area contributed by atoms with Gasteiger partial charge < -0.3 is 15.7 Å². The topological polar surface area (TPSA) is 78.4 Å². The summed E-state index contributed by atoms with van der Waals surface area (Å²) in [7, 11) is 0. The van der Waals surface area contributed by atoms with E-state index in [0.29, 0.717) is 18.0 Å². The lowest BCUT2D eigenvalue weighted by Crippen LogP contribution is -2.39. The van der Waals surface area contributed by atoms with Gasteiger partial charge in [-0.3, -0.25) is 9.59 Å². The molecule has 0 radical (unpaired) electrons. The van der Waals surface area contributed by atoms with E-state index >= 15 is 0 Å². The molecule has 128 valence electrons. The van der Waals surface area contributed by atoms with Crippen LogP contribution in [-0.4, -0.2) is 29.6 Å². The molecule has 0 aliphatic heterocycles. The van der Waals surface area contributed by atoms with Crippen molar-refractivity contribution in [2.75, 3.05) is 11.9 Å². The highest BCUT2D eigenvalue weighted by Gasteiger charge is 2.16. The molecule has 0 fully saturated rings. The summed E-state index contributed by atoms with van der Waals surface area (Å²) in [6.07, 6.45) is 1.76. The maximum Gasteiger partial charge on any atom is 0.313 e. The van der Waals surface area contributed by atoms with E-state index in [9.17, 15) is 14.7 Å². The smallest absolute Gasteiger partial charge is 0.313 e. The normalized spacial score (nSPS) is 12.1. The molecule has 5 nitrogen and oxygen atoms in total. The van der Waals surface area contributed by atoms with E-state index in [1.807, 2.05) is 26.0 Å². The van der Waals surface area contributed by atoms with Crippen LogP contribution in [0.3, 0.4) is 0 Å². The molecular formula is C18H28N2O3. The maximum atomic E-state index is 11.9. The minimum absolute atomic E-state index is 0.0828. The van der Waals surface area contributed by atoms with E-state index in [1.54, 1.807) is 6.07 Å². The van der Waals surface area contributed by atoms with Gasteiger partial charge in [0.05, 0.1) is 6.10 Å². The van der Waals surface area contributed by atoms with Crippen LogP contribution in [0.5, 0.6) is 0 Å². The Bertz CT molecular complexity index is 541. The third-order valence-corrected chi connectivity index (χ3v) is 3.67. The molecule has 1 aromatic rings. The molecule has 0 spiro atoms. The molecule has 0 aromatic heterocycles. The van der Waals surface area contributed by atoms with Gasteiger partial charge in [-0.25, -0.2) is 0 Å². The molecular weight excluding hydrogens is 292 g/mol. The molecule has 5 heteroatoms. The first-order valence-electron chi connectivity index (χ1n) is 8.26. The van der Waals surface area contributed by atoms with Gasteiger partial charge in [0.1, 0.15) is 0 Å². The molecule has 2 amide bonds. The standard InChI is InChI=1S/C18H28N2O3/c1-5-13-7-8-15(10-14(13)6-2)20-18(23)17(22)19-11-16(21)9-12(3)4/h7-8,10,12,16,21H,5-6,9,11H2,1-4H3,(H,19,22)(H,20,23). The highest BCUT2D eigenvalue weighted by Crippen LogP contribution is 2.17. The minimum atomic E-state index is -0.731. The van der Waals surface area contributed by atoms with Crippen molar-refractivity contribution in [1.29, 1.82) is 0 Å². The summed E-state index contributed by atoms with van der Waals surface area (Å²) >= 11 is 0. The molecule has 1 rings (SSSR count). The Morgan fingerprint density at radius 2 is 1.74 bits per heavy atom. The molecule has 0 aliphatic carbocycles. The van der Waals surface area contributed by atoms with Gasteiger partial charge in [0, 0.05) is 12.2 Å². The van der Waals surface area contributed by atoms with Gasteiger partial charge in [-0.15, -0.1) is 0 Å². The van der Waals surface area contributed by atoms with Crippen molar-refractivity contribution in [3.8, 4) is 0 Å². The number of aliphatic hydroxyl groups excluding tert-OH is 1. The second-order valence-electron chi connectivity index (χ2n) is 6.14. The number of nitrogens with one attached hydrogen (secondary N) is 2. The van der Waals surface area contributed by atoms with Crippen LogP contribution in [-0.2, 0) is 22.4 Å². The quantitative estimate of drug-likeness (QED) is 0.674. The van der Waals surface area contributed by atoms with Crippen molar-refractivity contribution in [2.45, 2.75) is 53.1 Å². The zero-order chi connectivity index (χ0) is 17.4.